The number of hydrogen-bond acceptors (Lipinski definition) is 3. The van der Waals surface area contributed by atoms with Crippen molar-refractivity contribution in [1.82, 2.24) is 9.80 Å². The van der Waals surface area contributed by atoms with Gasteiger partial charge in [-0.25, -0.2) is 4.79 Å². The summed E-state index contributed by atoms with van der Waals surface area (Å²) in [5.74, 6) is 0. The Hall–Kier alpha value is -0.770. The van der Waals surface area contributed by atoms with E-state index in [1.807, 2.05) is 25.7 Å². The normalized spacial score (nSPS) is 23.9. The molecule has 0 bridgehead atoms. The number of nitrogens with zero attached hydrogens (tertiary/aromatic N) is 2. The van der Waals surface area contributed by atoms with Gasteiger partial charge in [0.1, 0.15) is 5.60 Å². The Morgan fingerprint density at radius 2 is 1.79 bits per heavy atom. The molecule has 2 fully saturated rings. The maximum absolute atomic E-state index is 12.1. The maximum Gasteiger partial charge on any atom is 0.410 e. The number of carbonyl (C=O) groups is 1. The van der Waals surface area contributed by atoms with Gasteiger partial charge in [0.05, 0.1) is 0 Å². The van der Waals surface area contributed by atoms with Crippen LogP contribution in [0.4, 0.5) is 4.79 Å². The third-order valence-electron chi connectivity index (χ3n) is 4.47. The topological polar surface area (TPSA) is 32.8 Å². The zero-order chi connectivity index (χ0) is 14.1. The monoisotopic (exact) mass is 268 g/mol. The molecule has 2 aliphatic heterocycles. The van der Waals surface area contributed by atoms with Crippen LogP contribution in [0.25, 0.3) is 0 Å². The zero-order valence-electron chi connectivity index (χ0n) is 12.9. The molecular weight excluding hydrogens is 240 g/mol. The van der Waals surface area contributed by atoms with Crippen LogP contribution < -0.4 is 0 Å². The molecule has 0 unspecified atom stereocenters. The fourth-order valence-corrected chi connectivity index (χ4v) is 3.49. The van der Waals surface area contributed by atoms with Crippen molar-refractivity contribution in [2.24, 2.45) is 0 Å². The number of rotatable bonds is 1. The molecular formula is C15H28N2O2. The smallest absolute Gasteiger partial charge is 0.410 e. The zero-order valence-corrected chi connectivity index (χ0v) is 12.9. The summed E-state index contributed by atoms with van der Waals surface area (Å²) in [6.07, 6.45) is 4.65. The minimum atomic E-state index is -0.394. The number of likely N-dealkylation sites (tertiary alicyclic amines) is 2. The van der Waals surface area contributed by atoms with Crippen LogP contribution in [0.2, 0.25) is 0 Å². The lowest BCUT2D eigenvalue weighted by atomic mass is 9.85. The number of hydrogen-bond donors (Lipinski definition) is 0. The first-order valence-corrected chi connectivity index (χ1v) is 7.59. The van der Waals surface area contributed by atoms with Crippen LogP contribution in [0.3, 0.4) is 0 Å². The van der Waals surface area contributed by atoms with E-state index in [0.29, 0.717) is 5.54 Å². The van der Waals surface area contributed by atoms with Crippen LogP contribution in [-0.2, 0) is 4.74 Å². The van der Waals surface area contributed by atoms with Gasteiger partial charge in [-0.05, 0) is 59.5 Å². The lowest BCUT2D eigenvalue weighted by molar-refractivity contribution is 0.00382. The van der Waals surface area contributed by atoms with Crippen molar-refractivity contribution in [3.8, 4) is 0 Å². The summed E-state index contributed by atoms with van der Waals surface area (Å²) in [5.41, 5.74) is -0.0255. The molecule has 19 heavy (non-hydrogen) atoms. The van der Waals surface area contributed by atoms with Crippen LogP contribution in [-0.4, -0.2) is 53.2 Å². The van der Waals surface area contributed by atoms with Crippen molar-refractivity contribution < 1.29 is 9.53 Å². The van der Waals surface area contributed by atoms with Gasteiger partial charge in [-0.3, -0.25) is 4.90 Å². The minimum Gasteiger partial charge on any atom is -0.444 e. The molecule has 2 heterocycles. The average Bonchev–Trinajstić information content (AvgIpc) is 2.70. The molecule has 2 rings (SSSR count). The van der Waals surface area contributed by atoms with E-state index in [1.165, 1.54) is 19.4 Å². The lowest BCUT2D eigenvalue weighted by Crippen LogP contribution is -2.53. The SMILES string of the molecule is CCN1CCCC12CCN(C(=O)OC(C)(C)C)CC2. The highest BCUT2D eigenvalue weighted by Crippen LogP contribution is 2.38. The number of amides is 1. The molecule has 2 aliphatic rings. The molecule has 0 aromatic heterocycles. The predicted molar refractivity (Wildman–Crippen MR) is 76.3 cm³/mol. The van der Waals surface area contributed by atoms with Crippen LogP contribution >= 0.6 is 0 Å². The predicted octanol–water partition coefficient (Wildman–Crippen LogP) is 2.87. The molecule has 1 amide bonds. The molecule has 0 saturated carbocycles. The third-order valence-corrected chi connectivity index (χ3v) is 4.47. The largest absolute Gasteiger partial charge is 0.444 e. The molecule has 4 nitrogen and oxygen atoms in total. The molecule has 1 spiro atoms. The number of ether oxygens (including phenoxy) is 1. The lowest BCUT2D eigenvalue weighted by Gasteiger charge is -2.44. The number of carbonyl (C=O) groups excluding carboxylic acids is 1. The number of piperidine rings is 1. The van der Waals surface area contributed by atoms with Gasteiger partial charge in [-0.15, -0.1) is 0 Å². The van der Waals surface area contributed by atoms with Crippen molar-refractivity contribution in [2.75, 3.05) is 26.2 Å². The van der Waals surface area contributed by atoms with Crippen LogP contribution in [0.1, 0.15) is 53.4 Å². The molecule has 0 aromatic carbocycles. The van der Waals surface area contributed by atoms with Crippen molar-refractivity contribution >= 4 is 6.09 Å². The van der Waals surface area contributed by atoms with Gasteiger partial charge in [0.15, 0.2) is 0 Å². The van der Waals surface area contributed by atoms with E-state index in [0.717, 1.165) is 32.5 Å². The summed E-state index contributed by atoms with van der Waals surface area (Å²) in [6, 6.07) is 0. The Balaban J connectivity index is 1.90. The first-order valence-electron chi connectivity index (χ1n) is 7.59. The summed E-state index contributed by atoms with van der Waals surface area (Å²) in [4.78, 5) is 16.5. The summed E-state index contributed by atoms with van der Waals surface area (Å²) in [6.45, 7) is 12.0. The fourth-order valence-electron chi connectivity index (χ4n) is 3.49. The van der Waals surface area contributed by atoms with Gasteiger partial charge in [0, 0.05) is 18.6 Å². The van der Waals surface area contributed by atoms with Gasteiger partial charge in [0.2, 0.25) is 0 Å². The molecule has 0 aromatic rings. The molecule has 4 heteroatoms. The van der Waals surface area contributed by atoms with Gasteiger partial charge < -0.3 is 9.64 Å². The first-order chi connectivity index (χ1) is 8.86. The van der Waals surface area contributed by atoms with Crippen LogP contribution in [0, 0.1) is 0 Å². The van der Waals surface area contributed by atoms with Crippen molar-refractivity contribution in [1.29, 1.82) is 0 Å². The second-order valence-corrected chi connectivity index (χ2v) is 6.87. The highest BCUT2D eigenvalue weighted by atomic mass is 16.6. The highest BCUT2D eigenvalue weighted by Gasteiger charge is 2.43. The first kappa shape index (κ1) is 14.6. The summed E-state index contributed by atoms with van der Waals surface area (Å²) in [7, 11) is 0. The summed E-state index contributed by atoms with van der Waals surface area (Å²) >= 11 is 0. The van der Waals surface area contributed by atoms with Crippen LogP contribution in [0.5, 0.6) is 0 Å². The minimum absolute atomic E-state index is 0.150. The molecule has 0 aliphatic carbocycles. The Kier molecular flexibility index (Phi) is 4.09. The van der Waals surface area contributed by atoms with E-state index in [-0.39, 0.29) is 6.09 Å². The Labute approximate surface area is 117 Å². The standard InChI is InChI=1S/C15H28N2O2/c1-5-17-10-6-7-15(17)8-11-16(12-9-15)13(18)19-14(2,3)4/h5-12H2,1-4H3. The van der Waals surface area contributed by atoms with Crippen molar-refractivity contribution in [3.05, 3.63) is 0 Å². The van der Waals surface area contributed by atoms with Gasteiger partial charge >= 0.3 is 6.09 Å². The van der Waals surface area contributed by atoms with Gasteiger partial charge in [-0.1, -0.05) is 6.92 Å². The van der Waals surface area contributed by atoms with Crippen molar-refractivity contribution in [3.63, 3.8) is 0 Å². The van der Waals surface area contributed by atoms with E-state index in [4.69, 9.17) is 4.74 Å². The Bertz CT molecular complexity index is 328. The van der Waals surface area contributed by atoms with Gasteiger partial charge in [-0.2, -0.15) is 0 Å². The van der Waals surface area contributed by atoms with E-state index in [2.05, 4.69) is 11.8 Å². The highest BCUT2D eigenvalue weighted by molar-refractivity contribution is 5.68. The molecule has 0 N–H and O–H groups in total. The molecule has 2 saturated heterocycles. The Morgan fingerprint density at radius 1 is 1.16 bits per heavy atom. The van der Waals surface area contributed by atoms with E-state index >= 15 is 0 Å². The molecule has 0 radical (unpaired) electrons. The summed E-state index contributed by atoms with van der Waals surface area (Å²) < 4.78 is 5.45. The van der Waals surface area contributed by atoms with Gasteiger partial charge in [0.25, 0.3) is 0 Å². The quantitative estimate of drug-likeness (QED) is 0.733. The molecule has 0 atom stereocenters. The molecule has 110 valence electrons. The van der Waals surface area contributed by atoms with E-state index in [1.54, 1.807) is 0 Å². The summed E-state index contributed by atoms with van der Waals surface area (Å²) in [5, 5.41) is 0. The third kappa shape index (κ3) is 3.22. The van der Waals surface area contributed by atoms with E-state index in [9.17, 15) is 4.79 Å². The van der Waals surface area contributed by atoms with Crippen molar-refractivity contribution in [2.45, 2.75) is 64.5 Å². The second-order valence-electron chi connectivity index (χ2n) is 6.87. The fraction of sp³-hybridized carbons (Fsp3) is 0.933. The maximum atomic E-state index is 12.1. The second kappa shape index (κ2) is 5.31. The van der Waals surface area contributed by atoms with Crippen LogP contribution in [0.15, 0.2) is 0 Å². The Morgan fingerprint density at radius 3 is 2.32 bits per heavy atom. The average molecular weight is 268 g/mol. The van der Waals surface area contributed by atoms with E-state index < -0.39 is 5.60 Å².